The Morgan fingerprint density at radius 3 is 2.04 bits per heavy atom. The molecule has 0 radical (unpaired) electrons. The number of cyclic esters (lactones) is 1. The van der Waals surface area contributed by atoms with E-state index in [1.165, 1.54) is 0 Å². The lowest BCUT2D eigenvalue weighted by Gasteiger charge is -2.46. The maximum atomic E-state index is 15.8. The van der Waals surface area contributed by atoms with Crippen molar-refractivity contribution in [3.05, 3.63) is 185 Å². The molecule has 69 heavy (non-hydrogen) atoms. The Bertz CT molecular complexity index is 2930. The topological polar surface area (TPSA) is 150 Å². The van der Waals surface area contributed by atoms with Crippen LogP contribution in [-0.4, -0.2) is 91.1 Å². The zero-order chi connectivity index (χ0) is 47.6. The first-order valence-corrected chi connectivity index (χ1v) is 23.1. The van der Waals surface area contributed by atoms with Crippen molar-refractivity contribution in [2.24, 2.45) is 5.92 Å². The summed E-state index contributed by atoms with van der Waals surface area (Å²) in [4.78, 5) is 64.8. The van der Waals surface area contributed by atoms with Crippen molar-refractivity contribution >= 4 is 40.8 Å². The van der Waals surface area contributed by atoms with Crippen LogP contribution in [0.5, 0.6) is 11.5 Å². The van der Waals surface area contributed by atoms with Gasteiger partial charge in [-0.2, -0.15) is 0 Å². The van der Waals surface area contributed by atoms with Gasteiger partial charge in [0.25, 0.3) is 0 Å². The molecule has 4 heterocycles. The van der Waals surface area contributed by atoms with Gasteiger partial charge >= 0.3 is 5.97 Å². The van der Waals surface area contributed by atoms with E-state index >= 15 is 14.4 Å². The summed E-state index contributed by atoms with van der Waals surface area (Å²) in [5.41, 5.74) is 4.26. The van der Waals surface area contributed by atoms with E-state index in [0.717, 1.165) is 22.4 Å². The van der Waals surface area contributed by atoms with Crippen LogP contribution in [0.25, 0.3) is 0 Å². The van der Waals surface area contributed by atoms with Crippen LogP contribution in [0, 0.1) is 17.8 Å². The van der Waals surface area contributed by atoms with Crippen molar-refractivity contribution in [3.8, 4) is 23.3 Å². The summed E-state index contributed by atoms with van der Waals surface area (Å²) in [6, 6.07) is 44.1. The number of hydrogen-bond donors (Lipinski definition) is 3. The standard InChI is InChI=1S/C56H51N5O8/c1-36(63)59-29-31-60(32-30-59)43-22-20-42(21-23-43)57-53(64)48-50-54(65)69-51(40-11-7-4-8-12-40)49(39-9-5-3-6-10-39)61(50)52(41-18-26-45(27-19-41)68-34-33-62)56(48)46-35-38(17-28-47(46)58-55(56)66)14-13-37-15-24-44(67-2)25-16-37/h3-12,15-28,35,48-52,62H,29-34H2,1-2H3,(H,57,64)(H,58,66)/t48-,49-,50?,51+,52+,56-/m1/s1. The van der Waals surface area contributed by atoms with Gasteiger partial charge in [-0.25, -0.2) is 0 Å². The van der Waals surface area contributed by atoms with Crippen LogP contribution in [0.1, 0.15) is 58.5 Å². The van der Waals surface area contributed by atoms with Crippen LogP contribution in [-0.2, 0) is 29.3 Å². The third kappa shape index (κ3) is 8.32. The Morgan fingerprint density at radius 2 is 1.39 bits per heavy atom. The lowest BCUT2D eigenvalue weighted by Crippen LogP contribution is -2.53. The molecule has 13 heteroatoms. The molecule has 13 nitrogen and oxygen atoms in total. The molecule has 6 aromatic rings. The molecule has 4 aliphatic heterocycles. The van der Waals surface area contributed by atoms with Gasteiger partial charge in [0, 0.05) is 61.3 Å². The fourth-order valence-corrected chi connectivity index (χ4v) is 10.7. The number of methoxy groups -OCH3 is 1. The Balaban J connectivity index is 1.15. The molecule has 348 valence electrons. The SMILES string of the molecule is COc1ccc(C#Cc2ccc3c(c2)[C@]2(C(=O)N3)[C@H](c3ccc(OCCO)cc3)N3C(C(=O)O[C@@H](c4ccccc4)[C@H]3c3ccccc3)[C@@H]2C(=O)Nc2ccc(N3CCN(C(C)=O)CC3)cc2)cc1. The van der Waals surface area contributed by atoms with E-state index in [9.17, 15) is 9.90 Å². The molecule has 1 spiro atoms. The van der Waals surface area contributed by atoms with E-state index in [2.05, 4.69) is 27.4 Å². The minimum absolute atomic E-state index is 0.0473. The lowest BCUT2D eigenvalue weighted by molar-refractivity contribution is -0.177. The molecule has 0 aliphatic carbocycles. The van der Waals surface area contributed by atoms with Crippen molar-refractivity contribution in [1.82, 2.24) is 9.80 Å². The predicted octanol–water partition coefficient (Wildman–Crippen LogP) is 7.04. The van der Waals surface area contributed by atoms with Crippen molar-refractivity contribution in [1.29, 1.82) is 0 Å². The molecule has 0 saturated carbocycles. The van der Waals surface area contributed by atoms with Crippen molar-refractivity contribution < 1.29 is 38.5 Å². The number of fused-ring (bicyclic) bond motifs is 3. The number of nitrogens with zero attached hydrogens (tertiary/aromatic N) is 3. The monoisotopic (exact) mass is 921 g/mol. The van der Waals surface area contributed by atoms with Crippen LogP contribution in [0.4, 0.5) is 17.1 Å². The summed E-state index contributed by atoms with van der Waals surface area (Å²) >= 11 is 0. The molecule has 0 bridgehead atoms. The van der Waals surface area contributed by atoms with E-state index in [1.54, 1.807) is 26.2 Å². The number of anilines is 3. The number of ether oxygens (including phenoxy) is 3. The number of morpholine rings is 1. The fourth-order valence-electron chi connectivity index (χ4n) is 10.7. The minimum atomic E-state index is -1.75. The Labute approximate surface area is 400 Å². The molecule has 6 aromatic carbocycles. The van der Waals surface area contributed by atoms with Crippen LogP contribution in [0.15, 0.2) is 152 Å². The first kappa shape index (κ1) is 44.9. The second-order valence-electron chi connectivity index (χ2n) is 17.6. The number of esters is 1. The molecule has 4 aliphatic rings. The quantitative estimate of drug-likeness (QED) is 0.0965. The average molecular weight is 922 g/mol. The van der Waals surface area contributed by atoms with E-state index in [-0.39, 0.29) is 19.1 Å². The number of rotatable bonds is 10. The van der Waals surface area contributed by atoms with E-state index in [4.69, 9.17) is 14.2 Å². The Morgan fingerprint density at radius 1 is 0.754 bits per heavy atom. The second-order valence-corrected chi connectivity index (χ2v) is 17.6. The van der Waals surface area contributed by atoms with E-state index in [0.29, 0.717) is 65.7 Å². The maximum Gasteiger partial charge on any atom is 0.324 e. The molecule has 10 rings (SSSR count). The van der Waals surface area contributed by atoms with Crippen molar-refractivity contribution in [3.63, 3.8) is 0 Å². The molecule has 3 saturated heterocycles. The van der Waals surface area contributed by atoms with Gasteiger partial charge < -0.3 is 39.8 Å². The fraction of sp³-hybridized carbons (Fsp3) is 0.250. The first-order chi connectivity index (χ1) is 33.7. The van der Waals surface area contributed by atoms with Gasteiger partial charge in [-0.1, -0.05) is 84.6 Å². The summed E-state index contributed by atoms with van der Waals surface area (Å²) in [6.07, 6.45) is -0.832. The molecular formula is C56H51N5O8. The zero-order valence-corrected chi connectivity index (χ0v) is 38.2. The molecule has 0 aromatic heterocycles. The molecule has 6 atom stereocenters. The summed E-state index contributed by atoms with van der Waals surface area (Å²) in [5.74, 6) is 4.80. The highest BCUT2D eigenvalue weighted by Crippen LogP contribution is 2.65. The van der Waals surface area contributed by atoms with Gasteiger partial charge in [0.2, 0.25) is 17.7 Å². The number of aliphatic hydroxyl groups excluding tert-OH is 1. The molecular weight excluding hydrogens is 871 g/mol. The van der Waals surface area contributed by atoms with E-state index in [1.807, 2.05) is 149 Å². The van der Waals surface area contributed by atoms with Gasteiger partial charge in [0.15, 0.2) is 0 Å². The number of piperazine rings is 1. The largest absolute Gasteiger partial charge is 0.497 e. The zero-order valence-electron chi connectivity index (χ0n) is 38.2. The van der Waals surface area contributed by atoms with Crippen LogP contribution < -0.4 is 25.0 Å². The summed E-state index contributed by atoms with van der Waals surface area (Å²) in [6.45, 7) is 4.03. The normalized spacial score (nSPS) is 22.7. The highest BCUT2D eigenvalue weighted by molar-refractivity contribution is 6.13. The van der Waals surface area contributed by atoms with Crippen LogP contribution >= 0.6 is 0 Å². The third-order valence-corrected chi connectivity index (χ3v) is 13.8. The van der Waals surface area contributed by atoms with Gasteiger partial charge in [-0.15, -0.1) is 0 Å². The molecule has 3 fully saturated rings. The molecule has 1 unspecified atom stereocenters. The maximum absolute atomic E-state index is 15.8. The minimum Gasteiger partial charge on any atom is -0.497 e. The number of aliphatic hydroxyl groups is 1. The van der Waals surface area contributed by atoms with Crippen molar-refractivity contribution in [2.75, 3.05) is 62.0 Å². The van der Waals surface area contributed by atoms with Gasteiger partial charge in [0.1, 0.15) is 35.7 Å². The summed E-state index contributed by atoms with van der Waals surface area (Å²) in [5, 5.41) is 15.9. The third-order valence-electron chi connectivity index (χ3n) is 13.8. The Hall–Kier alpha value is -7.92. The Kier molecular flexibility index (Phi) is 12.4. The van der Waals surface area contributed by atoms with Crippen LogP contribution in [0.2, 0.25) is 0 Å². The smallest absolute Gasteiger partial charge is 0.324 e. The van der Waals surface area contributed by atoms with Gasteiger partial charge in [-0.3, -0.25) is 24.1 Å². The number of nitrogens with one attached hydrogen (secondary N) is 2. The lowest BCUT2D eigenvalue weighted by atomic mass is 9.65. The summed E-state index contributed by atoms with van der Waals surface area (Å²) < 4.78 is 17.8. The molecule has 3 amide bonds. The number of amides is 3. The van der Waals surface area contributed by atoms with Crippen LogP contribution in [0.3, 0.4) is 0 Å². The van der Waals surface area contributed by atoms with Crippen molar-refractivity contribution in [2.45, 2.75) is 36.6 Å². The second kappa shape index (κ2) is 19.0. The van der Waals surface area contributed by atoms with E-state index < -0.39 is 53.3 Å². The number of hydrogen-bond acceptors (Lipinski definition) is 10. The summed E-state index contributed by atoms with van der Waals surface area (Å²) in [7, 11) is 1.60. The number of benzene rings is 6. The van der Waals surface area contributed by atoms with Gasteiger partial charge in [-0.05, 0) is 101 Å². The number of carbonyl (C=O) groups excluding carboxylic acids is 4. The number of carbonyl (C=O) groups is 4. The predicted molar refractivity (Wildman–Crippen MR) is 261 cm³/mol. The average Bonchev–Trinajstić information content (AvgIpc) is 3.87. The first-order valence-electron chi connectivity index (χ1n) is 23.1. The van der Waals surface area contributed by atoms with Gasteiger partial charge in [0.05, 0.1) is 31.7 Å². The molecule has 3 N–H and O–H groups in total. The highest BCUT2D eigenvalue weighted by Gasteiger charge is 2.74. The highest BCUT2D eigenvalue weighted by atomic mass is 16.6.